The van der Waals surface area contributed by atoms with E-state index in [9.17, 15) is 4.79 Å². The van der Waals surface area contributed by atoms with Gasteiger partial charge in [0.1, 0.15) is 0 Å². The van der Waals surface area contributed by atoms with Crippen LogP contribution in [0.5, 0.6) is 0 Å². The highest BCUT2D eigenvalue weighted by Crippen LogP contribution is 2.17. The molecule has 0 unspecified atom stereocenters. The summed E-state index contributed by atoms with van der Waals surface area (Å²) < 4.78 is 0. The minimum atomic E-state index is -0.758. The van der Waals surface area contributed by atoms with Crippen molar-refractivity contribution < 1.29 is 9.90 Å². The van der Waals surface area contributed by atoms with E-state index in [1.54, 1.807) is 0 Å². The Morgan fingerprint density at radius 1 is 1.53 bits per heavy atom. The molecule has 0 fully saturated rings. The molecule has 0 aromatic heterocycles. The molecule has 0 heterocycles. The van der Waals surface area contributed by atoms with Crippen molar-refractivity contribution in [1.82, 2.24) is 0 Å². The summed E-state index contributed by atoms with van der Waals surface area (Å²) in [6.45, 7) is 2.63. The number of hydrogen-bond donors (Lipinski definition) is 3. The number of nitrogens with one attached hydrogen (secondary N) is 1. The summed E-state index contributed by atoms with van der Waals surface area (Å²) >= 11 is 0. The predicted octanol–water partition coefficient (Wildman–Crippen LogP) is 1.85. The number of aliphatic carboxylic acids is 1. The van der Waals surface area contributed by atoms with Crippen LogP contribution >= 0.6 is 0 Å². The van der Waals surface area contributed by atoms with E-state index in [0.29, 0.717) is 13.0 Å². The number of rotatable bonds is 5. The lowest BCUT2D eigenvalue weighted by Gasteiger charge is -2.09. The fourth-order valence-corrected chi connectivity index (χ4v) is 1.35. The van der Waals surface area contributed by atoms with Crippen molar-refractivity contribution in [2.24, 2.45) is 0 Å². The zero-order valence-electron chi connectivity index (χ0n) is 8.79. The molecule has 82 valence electrons. The third-order valence-electron chi connectivity index (χ3n) is 2.13. The Morgan fingerprint density at radius 2 is 2.27 bits per heavy atom. The highest BCUT2D eigenvalue weighted by atomic mass is 16.4. The molecule has 4 heteroatoms. The first-order valence-corrected chi connectivity index (χ1v) is 4.91. The Bertz CT molecular complexity index is 350. The molecule has 1 aromatic rings. The van der Waals surface area contributed by atoms with Crippen LogP contribution in [0.1, 0.15) is 18.4 Å². The Hall–Kier alpha value is -1.71. The fourth-order valence-electron chi connectivity index (χ4n) is 1.35. The van der Waals surface area contributed by atoms with Gasteiger partial charge in [0, 0.05) is 24.3 Å². The number of carboxylic acids is 1. The minimum Gasteiger partial charge on any atom is -0.481 e. The molecule has 1 rings (SSSR count). The molecule has 0 aliphatic carbocycles. The van der Waals surface area contributed by atoms with Crippen molar-refractivity contribution in [2.45, 2.75) is 19.8 Å². The lowest BCUT2D eigenvalue weighted by molar-refractivity contribution is -0.137. The number of carboxylic acid groups (broad SMARTS) is 1. The van der Waals surface area contributed by atoms with Gasteiger partial charge in [0.25, 0.3) is 0 Å². The number of carbonyl (C=O) groups is 1. The molecule has 15 heavy (non-hydrogen) atoms. The Balaban J connectivity index is 2.40. The number of hydrogen-bond acceptors (Lipinski definition) is 3. The SMILES string of the molecule is Cc1cc(N)ccc1NCCCC(=O)O. The van der Waals surface area contributed by atoms with Gasteiger partial charge < -0.3 is 16.2 Å². The molecule has 4 N–H and O–H groups in total. The first-order chi connectivity index (χ1) is 7.09. The fraction of sp³-hybridized carbons (Fsp3) is 0.364. The lowest BCUT2D eigenvalue weighted by Crippen LogP contribution is -2.06. The Kier molecular flexibility index (Phi) is 3.97. The van der Waals surface area contributed by atoms with E-state index in [2.05, 4.69) is 5.32 Å². The maximum atomic E-state index is 10.3. The number of benzene rings is 1. The van der Waals surface area contributed by atoms with Crippen LogP contribution < -0.4 is 11.1 Å². The van der Waals surface area contributed by atoms with Crippen LogP contribution in [0, 0.1) is 6.92 Å². The minimum absolute atomic E-state index is 0.195. The normalized spacial score (nSPS) is 9.93. The topological polar surface area (TPSA) is 75.3 Å². The number of anilines is 2. The van der Waals surface area contributed by atoms with E-state index < -0.39 is 5.97 Å². The van der Waals surface area contributed by atoms with Crippen LogP contribution in [0.3, 0.4) is 0 Å². The van der Waals surface area contributed by atoms with E-state index in [-0.39, 0.29) is 6.42 Å². The summed E-state index contributed by atoms with van der Waals surface area (Å²) in [5.41, 5.74) is 8.44. The molecule has 0 saturated heterocycles. The highest BCUT2D eigenvalue weighted by molar-refractivity contribution is 5.66. The van der Waals surface area contributed by atoms with Crippen LogP contribution in [0.4, 0.5) is 11.4 Å². The van der Waals surface area contributed by atoms with Crippen molar-refractivity contribution in [2.75, 3.05) is 17.6 Å². The molecular weight excluding hydrogens is 192 g/mol. The first kappa shape index (κ1) is 11.4. The van der Waals surface area contributed by atoms with Gasteiger partial charge in [-0.05, 0) is 37.1 Å². The standard InChI is InChI=1S/C11H16N2O2/c1-8-7-9(12)4-5-10(8)13-6-2-3-11(14)15/h4-5,7,13H,2-3,6,12H2,1H3,(H,14,15). The van der Waals surface area contributed by atoms with Crippen molar-refractivity contribution >= 4 is 17.3 Å². The average Bonchev–Trinajstić information content (AvgIpc) is 2.14. The van der Waals surface area contributed by atoms with Crippen LogP contribution in [0.2, 0.25) is 0 Å². The van der Waals surface area contributed by atoms with Gasteiger partial charge in [0.2, 0.25) is 0 Å². The van der Waals surface area contributed by atoms with Crippen molar-refractivity contribution in [3.8, 4) is 0 Å². The van der Waals surface area contributed by atoms with Crippen LogP contribution in [0.25, 0.3) is 0 Å². The van der Waals surface area contributed by atoms with E-state index in [1.165, 1.54) is 0 Å². The monoisotopic (exact) mass is 208 g/mol. The maximum absolute atomic E-state index is 10.3. The molecule has 0 aliphatic heterocycles. The molecule has 0 amide bonds. The molecule has 0 saturated carbocycles. The molecule has 0 atom stereocenters. The first-order valence-electron chi connectivity index (χ1n) is 4.91. The highest BCUT2D eigenvalue weighted by Gasteiger charge is 1.99. The van der Waals surface area contributed by atoms with Gasteiger partial charge in [0.05, 0.1) is 0 Å². The number of aryl methyl sites for hydroxylation is 1. The summed E-state index contributed by atoms with van der Waals surface area (Å²) in [4.78, 5) is 10.3. The smallest absolute Gasteiger partial charge is 0.303 e. The Morgan fingerprint density at radius 3 is 2.87 bits per heavy atom. The predicted molar refractivity (Wildman–Crippen MR) is 61.0 cm³/mol. The second kappa shape index (κ2) is 5.24. The quantitative estimate of drug-likeness (QED) is 0.510. The van der Waals surface area contributed by atoms with Gasteiger partial charge in [0.15, 0.2) is 0 Å². The largest absolute Gasteiger partial charge is 0.481 e. The third-order valence-corrected chi connectivity index (χ3v) is 2.13. The van der Waals surface area contributed by atoms with Crippen LogP contribution in [-0.4, -0.2) is 17.6 Å². The molecule has 0 radical (unpaired) electrons. The van der Waals surface area contributed by atoms with Crippen molar-refractivity contribution in [1.29, 1.82) is 0 Å². The van der Waals surface area contributed by atoms with Gasteiger partial charge in [-0.1, -0.05) is 0 Å². The van der Waals surface area contributed by atoms with Gasteiger partial charge in [-0.3, -0.25) is 4.79 Å². The van der Waals surface area contributed by atoms with E-state index in [1.807, 2.05) is 25.1 Å². The molecular formula is C11H16N2O2. The van der Waals surface area contributed by atoms with E-state index in [0.717, 1.165) is 16.9 Å². The molecule has 0 aliphatic rings. The van der Waals surface area contributed by atoms with E-state index >= 15 is 0 Å². The second-order valence-electron chi connectivity index (χ2n) is 3.50. The summed E-state index contributed by atoms with van der Waals surface area (Å²) in [6, 6.07) is 5.62. The summed E-state index contributed by atoms with van der Waals surface area (Å²) in [6.07, 6.45) is 0.820. The van der Waals surface area contributed by atoms with Crippen LogP contribution in [0.15, 0.2) is 18.2 Å². The van der Waals surface area contributed by atoms with Crippen molar-refractivity contribution in [3.63, 3.8) is 0 Å². The molecule has 1 aromatic carbocycles. The van der Waals surface area contributed by atoms with Crippen molar-refractivity contribution in [3.05, 3.63) is 23.8 Å². The molecule has 0 bridgehead atoms. The van der Waals surface area contributed by atoms with Gasteiger partial charge >= 0.3 is 5.97 Å². The van der Waals surface area contributed by atoms with Gasteiger partial charge in [-0.2, -0.15) is 0 Å². The van der Waals surface area contributed by atoms with Gasteiger partial charge in [-0.25, -0.2) is 0 Å². The number of nitrogens with two attached hydrogens (primary N) is 1. The second-order valence-corrected chi connectivity index (χ2v) is 3.50. The third kappa shape index (κ3) is 3.89. The zero-order chi connectivity index (χ0) is 11.3. The molecule has 4 nitrogen and oxygen atoms in total. The zero-order valence-corrected chi connectivity index (χ0v) is 8.79. The summed E-state index contributed by atoms with van der Waals surface area (Å²) in [5.74, 6) is -0.758. The molecule has 0 spiro atoms. The summed E-state index contributed by atoms with van der Waals surface area (Å²) in [7, 11) is 0. The van der Waals surface area contributed by atoms with Gasteiger partial charge in [-0.15, -0.1) is 0 Å². The van der Waals surface area contributed by atoms with Crippen LogP contribution in [-0.2, 0) is 4.79 Å². The summed E-state index contributed by atoms with van der Waals surface area (Å²) in [5, 5.41) is 11.6. The maximum Gasteiger partial charge on any atom is 0.303 e. The average molecular weight is 208 g/mol. The Labute approximate surface area is 89.1 Å². The lowest BCUT2D eigenvalue weighted by atomic mass is 10.2. The van der Waals surface area contributed by atoms with E-state index in [4.69, 9.17) is 10.8 Å². The number of nitrogen functional groups attached to an aromatic ring is 1.